The van der Waals surface area contributed by atoms with E-state index in [4.69, 9.17) is 4.74 Å². The zero-order chi connectivity index (χ0) is 15.5. The number of rotatable bonds is 10. The molecule has 0 saturated heterocycles. The standard InChI is InChI=1S/C15H30N2O3/c1-6-9-16(10-7-2)14(18)11-17(13(4)5)12-15(19)20-8-3/h13H,6-12H2,1-5H3. The molecular formula is C15H30N2O3. The van der Waals surface area contributed by atoms with E-state index in [1.807, 2.05) is 23.6 Å². The molecule has 0 rings (SSSR count). The summed E-state index contributed by atoms with van der Waals surface area (Å²) in [5, 5.41) is 0. The first-order chi connectivity index (χ1) is 9.46. The van der Waals surface area contributed by atoms with Crippen molar-refractivity contribution in [2.45, 2.75) is 53.5 Å². The van der Waals surface area contributed by atoms with E-state index in [-0.39, 0.29) is 31.0 Å². The van der Waals surface area contributed by atoms with Crippen LogP contribution < -0.4 is 0 Å². The molecule has 5 nitrogen and oxygen atoms in total. The molecule has 0 fully saturated rings. The highest BCUT2D eigenvalue weighted by atomic mass is 16.5. The molecule has 0 aliphatic rings. The molecule has 0 N–H and O–H groups in total. The zero-order valence-corrected chi connectivity index (χ0v) is 13.6. The van der Waals surface area contributed by atoms with Crippen molar-refractivity contribution in [3.8, 4) is 0 Å². The fourth-order valence-electron chi connectivity index (χ4n) is 1.97. The Morgan fingerprint density at radius 1 is 1.00 bits per heavy atom. The minimum absolute atomic E-state index is 0.0895. The predicted octanol–water partition coefficient (Wildman–Crippen LogP) is 1.91. The van der Waals surface area contributed by atoms with Crippen molar-refractivity contribution in [1.82, 2.24) is 9.80 Å². The van der Waals surface area contributed by atoms with E-state index < -0.39 is 0 Å². The van der Waals surface area contributed by atoms with Crippen LogP contribution in [0.5, 0.6) is 0 Å². The third kappa shape index (κ3) is 7.48. The fourth-order valence-corrected chi connectivity index (χ4v) is 1.97. The molecule has 5 heteroatoms. The van der Waals surface area contributed by atoms with E-state index in [9.17, 15) is 9.59 Å². The second-order valence-corrected chi connectivity index (χ2v) is 5.18. The number of hydrogen-bond acceptors (Lipinski definition) is 4. The predicted molar refractivity (Wildman–Crippen MR) is 80.5 cm³/mol. The van der Waals surface area contributed by atoms with Crippen LogP contribution in [0.4, 0.5) is 0 Å². The van der Waals surface area contributed by atoms with Crippen LogP contribution in [0.2, 0.25) is 0 Å². The summed E-state index contributed by atoms with van der Waals surface area (Å²) < 4.78 is 4.95. The Bertz CT molecular complexity index is 287. The number of amides is 1. The van der Waals surface area contributed by atoms with E-state index in [0.29, 0.717) is 6.61 Å². The number of hydrogen-bond donors (Lipinski definition) is 0. The van der Waals surface area contributed by atoms with Gasteiger partial charge in [-0.05, 0) is 33.6 Å². The summed E-state index contributed by atoms with van der Waals surface area (Å²) in [5.41, 5.74) is 0. The zero-order valence-electron chi connectivity index (χ0n) is 13.6. The fraction of sp³-hybridized carbons (Fsp3) is 0.867. The lowest BCUT2D eigenvalue weighted by Crippen LogP contribution is -2.45. The van der Waals surface area contributed by atoms with E-state index in [1.165, 1.54) is 0 Å². The number of nitrogens with zero attached hydrogens (tertiary/aromatic N) is 2. The number of ether oxygens (including phenoxy) is 1. The Labute approximate surface area is 123 Å². The van der Waals surface area contributed by atoms with E-state index in [0.717, 1.165) is 25.9 Å². The Balaban J connectivity index is 4.55. The summed E-state index contributed by atoms with van der Waals surface area (Å²) in [5.74, 6) is -0.182. The van der Waals surface area contributed by atoms with Gasteiger partial charge in [-0.3, -0.25) is 14.5 Å². The lowest BCUT2D eigenvalue weighted by molar-refractivity contribution is -0.145. The summed E-state index contributed by atoms with van der Waals surface area (Å²) in [6.07, 6.45) is 1.90. The van der Waals surface area contributed by atoms with Crippen LogP contribution in [-0.4, -0.2) is 60.5 Å². The van der Waals surface area contributed by atoms with Crippen LogP contribution in [0, 0.1) is 0 Å². The van der Waals surface area contributed by atoms with Gasteiger partial charge in [-0.1, -0.05) is 13.8 Å². The van der Waals surface area contributed by atoms with E-state index in [1.54, 1.807) is 6.92 Å². The van der Waals surface area contributed by atoms with Gasteiger partial charge in [0.2, 0.25) is 5.91 Å². The van der Waals surface area contributed by atoms with Crippen LogP contribution in [0.25, 0.3) is 0 Å². The summed E-state index contributed by atoms with van der Waals surface area (Å²) in [6.45, 7) is 12.2. The maximum absolute atomic E-state index is 12.3. The molecule has 0 bridgehead atoms. The van der Waals surface area contributed by atoms with E-state index in [2.05, 4.69) is 13.8 Å². The minimum Gasteiger partial charge on any atom is -0.465 e. The molecule has 0 aromatic heterocycles. The molecule has 1 amide bonds. The van der Waals surface area contributed by atoms with Gasteiger partial charge < -0.3 is 9.64 Å². The molecule has 0 saturated carbocycles. The number of carbonyl (C=O) groups is 2. The third-order valence-corrected chi connectivity index (χ3v) is 3.05. The lowest BCUT2D eigenvalue weighted by atomic mass is 10.3. The smallest absolute Gasteiger partial charge is 0.320 e. The van der Waals surface area contributed by atoms with Crippen molar-refractivity contribution in [3.63, 3.8) is 0 Å². The highest BCUT2D eigenvalue weighted by Gasteiger charge is 2.21. The van der Waals surface area contributed by atoms with Crippen molar-refractivity contribution >= 4 is 11.9 Å². The van der Waals surface area contributed by atoms with Gasteiger partial charge in [-0.2, -0.15) is 0 Å². The van der Waals surface area contributed by atoms with Crippen LogP contribution in [0.1, 0.15) is 47.5 Å². The molecule has 0 atom stereocenters. The molecule has 0 aromatic carbocycles. The van der Waals surface area contributed by atoms with Crippen LogP contribution in [0.15, 0.2) is 0 Å². The molecule has 0 spiro atoms. The minimum atomic E-state index is -0.272. The van der Waals surface area contributed by atoms with Crippen LogP contribution in [0.3, 0.4) is 0 Å². The Kier molecular flexibility index (Phi) is 10.1. The van der Waals surface area contributed by atoms with Crippen molar-refractivity contribution in [3.05, 3.63) is 0 Å². The quantitative estimate of drug-likeness (QED) is 0.576. The Hall–Kier alpha value is -1.10. The Morgan fingerprint density at radius 2 is 1.55 bits per heavy atom. The lowest BCUT2D eigenvalue weighted by Gasteiger charge is -2.28. The molecule has 0 unspecified atom stereocenters. The molecule has 0 radical (unpaired) electrons. The SMILES string of the molecule is CCCN(CCC)C(=O)CN(CC(=O)OCC)C(C)C. The van der Waals surface area contributed by atoms with Crippen molar-refractivity contribution in [2.24, 2.45) is 0 Å². The highest BCUT2D eigenvalue weighted by molar-refractivity contribution is 5.79. The van der Waals surface area contributed by atoms with Gasteiger partial charge in [0.05, 0.1) is 19.7 Å². The van der Waals surface area contributed by atoms with Gasteiger partial charge in [0.1, 0.15) is 0 Å². The average Bonchev–Trinajstić information content (AvgIpc) is 2.37. The van der Waals surface area contributed by atoms with Gasteiger partial charge in [-0.25, -0.2) is 0 Å². The van der Waals surface area contributed by atoms with Crippen molar-refractivity contribution in [2.75, 3.05) is 32.8 Å². The molecule has 0 aromatic rings. The van der Waals surface area contributed by atoms with Gasteiger partial charge in [0.25, 0.3) is 0 Å². The molecular weight excluding hydrogens is 256 g/mol. The monoisotopic (exact) mass is 286 g/mol. The first kappa shape index (κ1) is 18.9. The van der Waals surface area contributed by atoms with E-state index >= 15 is 0 Å². The normalized spacial score (nSPS) is 10.9. The number of carbonyl (C=O) groups excluding carboxylic acids is 2. The molecule has 0 aliphatic carbocycles. The topological polar surface area (TPSA) is 49.9 Å². The average molecular weight is 286 g/mol. The van der Waals surface area contributed by atoms with Gasteiger partial charge >= 0.3 is 5.97 Å². The van der Waals surface area contributed by atoms with Crippen molar-refractivity contribution in [1.29, 1.82) is 0 Å². The molecule has 118 valence electrons. The molecule has 0 aliphatic heterocycles. The summed E-state index contributed by atoms with van der Waals surface area (Å²) in [6, 6.07) is 0.133. The second kappa shape index (κ2) is 10.7. The van der Waals surface area contributed by atoms with Crippen molar-refractivity contribution < 1.29 is 14.3 Å². The molecule has 20 heavy (non-hydrogen) atoms. The first-order valence-corrected chi connectivity index (χ1v) is 7.63. The Morgan fingerprint density at radius 3 is 1.95 bits per heavy atom. The summed E-state index contributed by atoms with van der Waals surface area (Å²) >= 11 is 0. The summed E-state index contributed by atoms with van der Waals surface area (Å²) in [4.78, 5) is 27.6. The highest BCUT2D eigenvalue weighted by Crippen LogP contribution is 2.03. The van der Waals surface area contributed by atoms with Gasteiger partial charge in [0.15, 0.2) is 0 Å². The van der Waals surface area contributed by atoms with Crippen LogP contribution in [-0.2, 0) is 14.3 Å². The second-order valence-electron chi connectivity index (χ2n) is 5.18. The largest absolute Gasteiger partial charge is 0.465 e. The first-order valence-electron chi connectivity index (χ1n) is 7.63. The summed E-state index contributed by atoms with van der Waals surface area (Å²) in [7, 11) is 0. The molecule has 0 heterocycles. The van der Waals surface area contributed by atoms with Crippen LogP contribution >= 0.6 is 0 Å². The number of esters is 1. The van der Waals surface area contributed by atoms with Gasteiger partial charge in [-0.15, -0.1) is 0 Å². The maximum Gasteiger partial charge on any atom is 0.320 e. The maximum atomic E-state index is 12.3. The third-order valence-electron chi connectivity index (χ3n) is 3.05. The van der Waals surface area contributed by atoms with Gasteiger partial charge in [0, 0.05) is 19.1 Å².